The second-order valence-electron chi connectivity index (χ2n) is 6.72. The first kappa shape index (κ1) is 18.8. The van der Waals surface area contributed by atoms with Gasteiger partial charge in [0.25, 0.3) is 0 Å². The van der Waals surface area contributed by atoms with Gasteiger partial charge in [0.15, 0.2) is 0 Å². The highest BCUT2D eigenvalue weighted by atomic mass is 16.5. The Morgan fingerprint density at radius 3 is 3.04 bits per heavy atom. The number of ether oxygens (including phenoxy) is 3. The van der Waals surface area contributed by atoms with Gasteiger partial charge in [-0.3, -0.25) is 4.90 Å². The molecule has 1 unspecified atom stereocenters. The van der Waals surface area contributed by atoms with E-state index in [0.717, 1.165) is 62.4 Å². The van der Waals surface area contributed by atoms with Crippen molar-refractivity contribution < 1.29 is 24.1 Å². The first-order chi connectivity index (χ1) is 12.7. The molecule has 2 aliphatic heterocycles. The van der Waals surface area contributed by atoms with Crippen LogP contribution in [-0.4, -0.2) is 62.3 Å². The van der Waals surface area contributed by atoms with Crippen LogP contribution in [0.2, 0.25) is 0 Å². The van der Waals surface area contributed by atoms with E-state index >= 15 is 0 Å². The Labute approximate surface area is 154 Å². The average Bonchev–Trinajstić information content (AvgIpc) is 2.67. The third-order valence-corrected chi connectivity index (χ3v) is 4.90. The first-order valence-electron chi connectivity index (χ1n) is 9.30. The van der Waals surface area contributed by atoms with E-state index in [9.17, 15) is 9.90 Å². The first-order valence-corrected chi connectivity index (χ1v) is 9.30. The Kier molecular flexibility index (Phi) is 6.57. The molecule has 1 amide bonds. The van der Waals surface area contributed by atoms with Crippen LogP contribution in [0.1, 0.15) is 31.2 Å². The van der Waals surface area contributed by atoms with Crippen molar-refractivity contribution in [3.63, 3.8) is 0 Å². The zero-order valence-electron chi connectivity index (χ0n) is 15.4. The summed E-state index contributed by atoms with van der Waals surface area (Å²) in [5.41, 5.74) is 2.11. The molecule has 1 aromatic carbocycles. The van der Waals surface area contributed by atoms with Crippen molar-refractivity contribution in [3.05, 3.63) is 23.8 Å². The molecule has 3 rings (SSSR count). The number of amides is 1. The number of hydrogen-bond acceptors (Lipinski definition) is 5. The van der Waals surface area contributed by atoms with Gasteiger partial charge in [0.1, 0.15) is 18.6 Å². The minimum atomic E-state index is -0.905. The number of methoxy groups -OCH3 is 1. The lowest BCUT2D eigenvalue weighted by Crippen LogP contribution is -2.44. The average molecular weight is 364 g/mol. The summed E-state index contributed by atoms with van der Waals surface area (Å²) in [7, 11) is 1.72. The maximum Gasteiger partial charge on any atom is 0.409 e. The van der Waals surface area contributed by atoms with Gasteiger partial charge in [-0.15, -0.1) is 0 Å². The molecule has 7 heteroatoms. The van der Waals surface area contributed by atoms with E-state index < -0.39 is 6.09 Å². The van der Waals surface area contributed by atoms with E-state index in [0.29, 0.717) is 19.8 Å². The SMILES string of the molecule is COCCCN1CCOc2ccc(COC3CCCCN3C(=O)O)cc21. The van der Waals surface area contributed by atoms with Gasteiger partial charge in [-0.05, 0) is 43.4 Å². The van der Waals surface area contributed by atoms with Gasteiger partial charge < -0.3 is 24.2 Å². The maximum absolute atomic E-state index is 11.3. The minimum Gasteiger partial charge on any atom is -0.490 e. The number of benzene rings is 1. The lowest BCUT2D eigenvalue weighted by molar-refractivity contribution is -0.0745. The molecule has 0 radical (unpaired) electrons. The minimum absolute atomic E-state index is 0.355. The van der Waals surface area contributed by atoms with Crippen LogP contribution in [0, 0.1) is 0 Å². The Morgan fingerprint density at radius 2 is 2.23 bits per heavy atom. The number of anilines is 1. The van der Waals surface area contributed by atoms with Crippen LogP contribution in [-0.2, 0) is 16.1 Å². The molecule has 2 heterocycles. The summed E-state index contributed by atoms with van der Waals surface area (Å²) in [6.45, 7) is 4.15. The van der Waals surface area contributed by atoms with Crippen LogP contribution in [0.4, 0.5) is 10.5 Å². The molecule has 2 aliphatic rings. The Bertz CT molecular complexity index is 610. The summed E-state index contributed by atoms with van der Waals surface area (Å²) in [4.78, 5) is 15.1. The molecule has 0 aromatic heterocycles. The third kappa shape index (κ3) is 4.59. The monoisotopic (exact) mass is 364 g/mol. The standard InChI is InChI=1S/C19H28N2O5/c1-24-11-4-8-20-10-12-25-17-7-6-15(13-16(17)20)14-26-18-5-2-3-9-21(18)19(22)23/h6-7,13,18H,2-5,8-12,14H2,1H3,(H,22,23). The number of hydrogen-bond donors (Lipinski definition) is 1. The molecule has 1 fully saturated rings. The molecule has 1 atom stereocenters. The summed E-state index contributed by atoms with van der Waals surface area (Å²) >= 11 is 0. The van der Waals surface area contributed by atoms with Crippen LogP contribution in [0.25, 0.3) is 0 Å². The molecular weight excluding hydrogens is 336 g/mol. The fraction of sp³-hybridized carbons (Fsp3) is 0.632. The molecular formula is C19H28N2O5. The molecule has 144 valence electrons. The van der Waals surface area contributed by atoms with E-state index in [1.165, 1.54) is 4.90 Å². The number of carboxylic acid groups (broad SMARTS) is 1. The fourth-order valence-electron chi connectivity index (χ4n) is 3.53. The summed E-state index contributed by atoms with van der Waals surface area (Å²) in [6, 6.07) is 6.06. The third-order valence-electron chi connectivity index (χ3n) is 4.90. The van der Waals surface area contributed by atoms with Crippen LogP contribution in [0.3, 0.4) is 0 Å². The number of fused-ring (bicyclic) bond motifs is 1. The predicted octanol–water partition coefficient (Wildman–Crippen LogP) is 2.93. The second-order valence-corrected chi connectivity index (χ2v) is 6.72. The molecule has 7 nitrogen and oxygen atoms in total. The molecule has 1 aromatic rings. The topological polar surface area (TPSA) is 71.5 Å². The molecule has 0 aliphatic carbocycles. The van der Waals surface area contributed by atoms with Gasteiger partial charge in [0, 0.05) is 26.8 Å². The highest BCUT2D eigenvalue weighted by Gasteiger charge is 2.27. The van der Waals surface area contributed by atoms with E-state index in [2.05, 4.69) is 11.0 Å². The molecule has 26 heavy (non-hydrogen) atoms. The maximum atomic E-state index is 11.3. The molecule has 1 N–H and O–H groups in total. The van der Waals surface area contributed by atoms with E-state index in [-0.39, 0.29) is 6.23 Å². The van der Waals surface area contributed by atoms with Crippen molar-refractivity contribution in [1.82, 2.24) is 4.90 Å². The van der Waals surface area contributed by atoms with E-state index in [4.69, 9.17) is 14.2 Å². The van der Waals surface area contributed by atoms with Crippen molar-refractivity contribution in [1.29, 1.82) is 0 Å². The number of rotatable bonds is 7. The lowest BCUT2D eigenvalue weighted by Gasteiger charge is -2.34. The fourth-order valence-corrected chi connectivity index (χ4v) is 3.53. The molecule has 0 spiro atoms. The molecule has 0 bridgehead atoms. The van der Waals surface area contributed by atoms with Gasteiger partial charge >= 0.3 is 6.09 Å². The zero-order valence-corrected chi connectivity index (χ0v) is 15.4. The van der Waals surface area contributed by atoms with E-state index in [1.807, 2.05) is 12.1 Å². The van der Waals surface area contributed by atoms with Gasteiger partial charge in [-0.25, -0.2) is 4.79 Å². The Morgan fingerprint density at radius 1 is 1.35 bits per heavy atom. The number of carbonyl (C=O) groups is 1. The van der Waals surface area contributed by atoms with Gasteiger partial charge in [0.05, 0.1) is 18.8 Å². The number of likely N-dealkylation sites (tertiary alicyclic amines) is 1. The second kappa shape index (κ2) is 9.09. The quantitative estimate of drug-likeness (QED) is 0.750. The predicted molar refractivity (Wildman–Crippen MR) is 97.8 cm³/mol. The van der Waals surface area contributed by atoms with Crippen molar-refractivity contribution >= 4 is 11.8 Å². The van der Waals surface area contributed by atoms with Crippen molar-refractivity contribution in [2.75, 3.05) is 44.9 Å². The summed E-state index contributed by atoms with van der Waals surface area (Å²) in [6.07, 6.45) is 2.36. The lowest BCUT2D eigenvalue weighted by atomic mass is 10.1. The van der Waals surface area contributed by atoms with Crippen molar-refractivity contribution in [2.24, 2.45) is 0 Å². The number of nitrogens with zero attached hydrogens (tertiary/aromatic N) is 2. The van der Waals surface area contributed by atoms with Crippen LogP contribution in [0.5, 0.6) is 5.75 Å². The largest absolute Gasteiger partial charge is 0.490 e. The summed E-state index contributed by atoms with van der Waals surface area (Å²) < 4.78 is 16.8. The zero-order chi connectivity index (χ0) is 18.4. The summed E-state index contributed by atoms with van der Waals surface area (Å²) in [5, 5.41) is 9.31. The van der Waals surface area contributed by atoms with Crippen LogP contribution >= 0.6 is 0 Å². The van der Waals surface area contributed by atoms with Crippen LogP contribution < -0.4 is 9.64 Å². The number of piperidine rings is 1. The van der Waals surface area contributed by atoms with Gasteiger partial charge in [0.2, 0.25) is 0 Å². The normalized spacial score (nSPS) is 19.8. The van der Waals surface area contributed by atoms with Crippen LogP contribution in [0.15, 0.2) is 18.2 Å². The smallest absolute Gasteiger partial charge is 0.409 e. The van der Waals surface area contributed by atoms with Crippen molar-refractivity contribution in [3.8, 4) is 5.75 Å². The highest BCUT2D eigenvalue weighted by Crippen LogP contribution is 2.33. The summed E-state index contributed by atoms with van der Waals surface area (Å²) in [5.74, 6) is 0.891. The Balaban J connectivity index is 1.64. The molecule has 0 saturated carbocycles. The molecule has 1 saturated heterocycles. The van der Waals surface area contributed by atoms with Crippen molar-refractivity contribution in [2.45, 2.75) is 38.5 Å². The van der Waals surface area contributed by atoms with E-state index in [1.54, 1.807) is 7.11 Å². The van der Waals surface area contributed by atoms with Gasteiger partial charge in [-0.2, -0.15) is 0 Å². The Hall–Kier alpha value is -1.99. The highest BCUT2D eigenvalue weighted by molar-refractivity contribution is 5.65. The van der Waals surface area contributed by atoms with Gasteiger partial charge in [-0.1, -0.05) is 6.07 Å².